The number of hydrogen-bond donors (Lipinski definition) is 2. The van der Waals surface area contributed by atoms with Gasteiger partial charge < -0.3 is 5.73 Å². The van der Waals surface area contributed by atoms with Crippen molar-refractivity contribution < 1.29 is 9.59 Å². The highest BCUT2D eigenvalue weighted by Gasteiger charge is 2.17. The topological polar surface area (TPSA) is 72.2 Å². The smallest absolute Gasteiger partial charge is 0.243 e. The zero-order valence-electron chi connectivity index (χ0n) is 7.05. The molecule has 0 aliphatic carbocycles. The first-order chi connectivity index (χ1) is 4.95. The van der Waals surface area contributed by atoms with Crippen molar-refractivity contribution in [3.05, 3.63) is 0 Å². The van der Waals surface area contributed by atoms with Crippen LogP contribution >= 0.6 is 0 Å². The number of nitrogens with one attached hydrogen (secondary N) is 1. The molecule has 0 aromatic rings. The van der Waals surface area contributed by atoms with Crippen molar-refractivity contribution in [2.45, 2.75) is 26.8 Å². The molecule has 0 aromatic heterocycles. The van der Waals surface area contributed by atoms with E-state index in [-0.39, 0.29) is 11.8 Å². The highest BCUT2D eigenvalue weighted by atomic mass is 16.2. The van der Waals surface area contributed by atoms with Crippen LogP contribution in [-0.2, 0) is 9.59 Å². The van der Waals surface area contributed by atoms with Crippen LogP contribution in [0.2, 0.25) is 0 Å². The molecule has 4 nitrogen and oxygen atoms in total. The third-order valence-corrected chi connectivity index (χ3v) is 1.32. The lowest BCUT2D eigenvalue weighted by atomic mass is 10.1. The van der Waals surface area contributed by atoms with Crippen LogP contribution in [0.5, 0.6) is 0 Å². The van der Waals surface area contributed by atoms with E-state index in [1.807, 2.05) is 13.8 Å². The second-order valence-corrected chi connectivity index (χ2v) is 2.82. The summed E-state index contributed by atoms with van der Waals surface area (Å²) in [5.74, 6) is -0.729. The standard InChI is InChI=1S/C7H14N2O2/c1-4(2)6(8)7(11)9-5(3)10/h4,6H,8H2,1-3H3,(H,9,10,11)/t6-/m0/s1. The molecule has 0 unspecified atom stereocenters. The molecule has 0 radical (unpaired) electrons. The fourth-order valence-corrected chi connectivity index (χ4v) is 0.560. The van der Waals surface area contributed by atoms with E-state index in [1.165, 1.54) is 6.92 Å². The Balaban J connectivity index is 3.93. The zero-order valence-corrected chi connectivity index (χ0v) is 7.05. The highest BCUT2D eigenvalue weighted by Crippen LogP contribution is 1.97. The van der Waals surface area contributed by atoms with Crippen LogP contribution in [0, 0.1) is 5.92 Å². The molecule has 0 aliphatic heterocycles. The number of rotatable bonds is 2. The van der Waals surface area contributed by atoms with Gasteiger partial charge in [0.05, 0.1) is 6.04 Å². The quantitative estimate of drug-likeness (QED) is 0.576. The monoisotopic (exact) mass is 158 g/mol. The maximum absolute atomic E-state index is 10.9. The van der Waals surface area contributed by atoms with Gasteiger partial charge in [0.15, 0.2) is 0 Å². The predicted molar refractivity (Wildman–Crippen MR) is 41.6 cm³/mol. The Morgan fingerprint density at radius 3 is 2.09 bits per heavy atom. The largest absolute Gasteiger partial charge is 0.320 e. The molecular formula is C7H14N2O2. The van der Waals surface area contributed by atoms with E-state index in [2.05, 4.69) is 5.32 Å². The lowest BCUT2D eigenvalue weighted by Crippen LogP contribution is -2.45. The van der Waals surface area contributed by atoms with Crippen LogP contribution in [-0.4, -0.2) is 17.9 Å². The van der Waals surface area contributed by atoms with Gasteiger partial charge in [0.25, 0.3) is 0 Å². The van der Waals surface area contributed by atoms with Gasteiger partial charge in [-0.2, -0.15) is 0 Å². The van der Waals surface area contributed by atoms with E-state index in [0.717, 1.165) is 0 Å². The number of carbonyl (C=O) groups excluding carboxylic acids is 2. The summed E-state index contributed by atoms with van der Waals surface area (Å²) in [7, 11) is 0. The summed E-state index contributed by atoms with van der Waals surface area (Å²) >= 11 is 0. The summed E-state index contributed by atoms with van der Waals surface area (Å²) in [6.45, 7) is 4.93. The molecule has 0 rings (SSSR count). The average molecular weight is 158 g/mol. The molecule has 0 saturated carbocycles. The molecule has 0 spiro atoms. The molecule has 64 valence electrons. The molecule has 0 heterocycles. The molecule has 0 bridgehead atoms. The van der Waals surface area contributed by atoms with Gasteiger partial charge in [-0.1, -0.05) is 13.8 Å². The summed E-state index contributed by atoms with van der Waals surface area (Å²) < 4.78 is 0. The Labute approximate surface area is 66.1 Å². The van der Waals surface area contributed by atoms with Crippen molar-refractivity contribution >= 4 is 11.8 Å². The van der Waals surface area contributed by atoms with E-state index in [4.69, 9.17) is 5.73 Å². The van der Waals surface area contributed by atoms with Crippen molar-refractivity contribution in [3.8, 4) is 0 Å². The number of carbonyl (C=O) groups is 2. The van der Waals surface area contributed by atoms with Crippen molar-refractivity contribution in [1.29, 1.82) is 0 Å². The molecule has 0 aliphatic rings. The van der Waals surface area contributed by atoms with Gasteiger partial charge in [0.1, 0.15) is 0 Å². The molecule has 0 fully saturated rings. The van der Waals surface area contributed by atoms with Crippen LogP contribution in [0.1, 0.15) is 20.8 Å². The first-order valence-electron chi connectivity index (χ1n) is 3.52. The van der Waals surface area contributed by atoms with Crippen LogP contribution in [0.4, 0.5) is 0 Å². The van der Waals surface area contributed by atoms with Crippen LogP contribution < -0.4 is 11.1 Å². The second-order valence-electron chi connectivity index (χ2n) is 2.82. The van der Waals surface area contributed by atoms with Gasteiger partial charge in [-0.3, -0.25) is 14.9 Å². The Morgan fingerprint density at radius 2 is 1.82 bits per heavy atom. The van der Waals surface area contributed by atoms with Crippen LogP contribution in [0.15, 0.2) is 0 Å². The third-order valence-electron chi connectivity index (χ3n) is 1.32. The summed E-state index contributed by atoms with van der Waals surface area (Å²) in [5, 5.41) is 2.12. The summed E-state index contributed by atoms with van der Waals surface area (Å²) in [6, 6.07) is -0.598. The van der Waals surface area contributed by atoms with Crippen molar-refractivity contribution in [2.75, 3.05) is 0 Å². The first kappa shape index (κ1) is 10.1. The zero-order chi connectivity index (χ0) is 9.02. The van der Waals surface area contributed by atoms with Gasteiger partial charge in [0.2, 0.25) is 11.8 Å². The number of imide groups is 1. The summed E-state index contributed by atoms with van der Waals surface area (Å²) in [6.07, 6.45) is 0. The van der Waals surface area contributed by atoms with E-state index >= 15 is 0 Å². The molecular weight excluding hydrogens is 144 g/mol. The number of hydrogen-bond acceptors (Lipinski definition) is 3. The molecule has 4 heteroatoms. The van der Waals surface area contributed by atoms with Crippen LogP contribution in [0.3, 0.4) is 0 Å². The maximum Gasteiger partial charge on any atom is 0.243 e. The minimum Gasteiger partial charge on any atom is -0.320 e. The molecule has 11 heavy (non-hydrogen) atoms. The molecule has 1 atom stereocenters. The molecule has 0 aromatic carbocycles. The maximum atomic E-state index is 10.9. The normalized spacial score (nSPS) is 12.8. The highest BCUT2D eigenvalue weighted by molar-refractivity contribution is 5.96. The lowest BCUT2D eigenvalue weighted by molar-refractivity contribution is -0.130. The SMILES string of the molecule is CC(=O)NC(=O)[C@@H](N)C(C)C. The van der Waals surface area contributed by atoms with Gasteiger partial charge in [-0.25, -0.2) is 0 Å². The second kappa shape index (κ2) is 4.08. The molecule has 2 amide bonds. The number of nitrogens with two attached hydrogens (primary N) is 1. The van der Waals surface area contributed by atoms with E-state index in [1.54, 1.807) is 0 Å². The van der Waals surface area contributed by atoms with E-state index < -0.39 is 11.9 Å². The summed E-state index contributed by atoms with van der Waals surface area (Å²) in [4.78, 5) is 21.3. The minimum atomic E-state index is -0.598. The minimum absolute atomic E-state index is 0.0503. The van der Waals surface area contributed by atoms with Crippen molar-refractivity contribution in [3.63, 3.8) is 0 Å². The van der Waals surface area contributed by atoms with E-state index in [0.29, 0.717) is 0 Å². The lowest BCUT2D eigenvalue weighted by Gasteiger charge is -2.13. The number of amides is 2. The van der Waals surface area contributed by atoms with Crippen molar-refractivity contribution in [1.82, 2.24) is 5.32 Å². The molecule has 3 N–H and O–H groups in total. The molecule has 0 saturated heterocycles. The van der Waals surface area contributed by atoms with Crippen LogP contribution in [0.25, 0.3) is 0 Å². The third kappa shape index (κ3) is 3.72. The predicted octanol–water partition coefficient (Wildman–Crippen LogP) is -0.368. The van der Waals surface area contributed by atoms with Gasteiger partial charge >= 0.3 is 0 Å². The Hall–Kier alpha value is -0.900. The summed E-state index contributed by atoms with van der Waals surface area (Å²) in [5.41, 5.74) is 5.44. The van der Waals surface area contributed by atoms with E-state index in [9.17, 15) is 9.59 Å². The van der Waals surface area contributed by atoms with Crippen molar-refractivity contribution in [2.24, 2.45) is 11.7 Å². The fourth-order valence-electron chi connectivity index (χ4n) is 0.560. The Morgan fingerprint density at radius 1 is 1.36 bits per heavy atom. The van der Waals surface area contributed by atoms with Gasteiger partial charge in [-0.05, 0) is 5.92 Å². The fraction of sp³-hybridized carbons (Fsp3) is 0.714. The Bertz CT molecular complexity index is 166. The van der Waals surface area contributed by atoms with Gasteiger partial charge in [-0.15, -0.1) is 0 Å². The first-order valence-corrected chi connectivity index (χ1v) is 3.52. The average Bonchev–Trinajstić information content (AvgIpc) is 1.84. The van der Waals surface area contributed by atoms with Gasteiger partial charge in [0, 0.05) is 6.92 Å². The Kier molecular flexibility index (Phi) is 3.74.